The van der Waals surface area contributed by atoms with Crippen molar-refractivity contribution in [1.29, 1.82) is 0 Å². The minimum Gasteiger partial charge on any atom is -0.493 e. The quantitative estimate of drug-likeness (QED) is 0.418. The number of anilines is 1. The van der Waals surface area contributed by atoms with Crippen molar-refractivity contribution in [2.75, 3.05) is 39.9 Å². The number of ether oxygens (including phenoxy) is 4. The molecule has 0 bridgehead atoms. The van der Waals surface area contributed by atoms with Crippen LogP contribution >= 0.6 is 0 Å². The summed E-state index contributed by atoms with van der Waals surface area (Å²) in [7, 11) is 5.72. The minimum absolute atomic E-state index is 0.110. The van der Waals surface area contributed by atoms with Crippen LogP contribution in [-0.4, -0.2) is 69.9 Å². The van der Waals surface area contributed by atoms with E-state index in [9.17, 15) is 18.8 Å². The fourth-order valence-corrected chi connectivity index (χ4v) is 3.61. The van der Waals surface area contributed by atoms with Gasteiger partial charge in [-0.2, -0.15) is 0 Å². The van der Waals surface area contributed by atoms with Crippen LogP contribution in [-0.2, 0) is 19.1 Å². The van der Waals surface area contributed by atoms with Gasteiger partial charge < -0.3 is 23.8 Å². The van der Waals surface area contributed by atoms with Crippen LogP contribution < -0.4 is 14.4 Å². The maximum Gasteiger partial charge on any atom is 0.257 e. The monoisotopic (exact) mass is 460 g/mol. The Labute approximate surface area is 190 Å². The summed E-state index contributed by atoms with van der Waals surface area (Å²) in [5.41, 5.74) is 0.446. The van der Waals surface area contributed by atoms with Gasteiger partial charge in [0.1, 0.15) is 11.9 Å². The van der Waals surface area contributed by atoms with E-state index in [4.69, 9.17) is 18.9 Å². The third-order valence-electron chi connectivity index (χ3n) is 5.35. The van der Waals surface area contributed by atoms with Crippen LogP contribution in [0.25, 0.3) is 0 Å². The highest BCUT2D eigenvalue weighted by atomic mass is 19.1. The number of hydrogen-bond donors (Lipinski definition) is 0. The number of rotatable bonds is 9. The molecule has 0 saturated carbocycles. The summed E-state index contributed by atoms with van der Waals surface area (Å²) in [6.07, 6.45) is -1.08. The zero-order chi connectivity index (χ0) is 24.1. The van der Waals surface area contributed by atoms with Crippen molar-refractivity contribution >= 4 is 23.4 Å². The molecule has 176 valence electrons. The first kappa shape index (κ1) is 24.1. The summed E-state index contributed by atoms with van der Waals surface area (Å²) >= 11 is 0. The highest BCUT2D eigenvalue weighted by Crippen LogP contribution is 2.30. The molecule has 1 atom stereocenters. The van der Waals surface area contributed by atoms with Gasteiger partial charge in [0.15, 0.2) is 17.8 Å². The van der Waals surface area contributed by atoms with E-state index in [1.165, 1.54) is 57.6 Å². The molecule has 1 unspecified atom stereocenters. The Balaban J connectivity index is 1.97. The molecule has 2 aromatic carbocycles. The number of amides is 3. The summed E-state index contributed by atoms with van der Waals surface area (Å²) in [5, 5.41) is 0. The Morgan fingerprint density at radius 3 is 2.24 bits per heavy atom. The average molecular weight is 460 g/mol. The maximum absolute atomic E-state index is 13.5. The molecular formula is C23H25FN2O7. The molecule has 0 aliphatic carbocycles. The largest absolute Gasteiger partial charge is 0.493 e. The molecular weight excluding hydrogens is 435 g/mol. The molecule has 1 saturated heterocycles. The topological polar surface area (TPSA) is 94.6 Å². The number of methoxy groups -OCH3 is 4. The standard InChI is InChI=1S/C23H25FN2O7/c1-30-18-10-5-14(11-19(18)31-2)22(28)25(13-21(32-3)33-4)17-12-20(27)26(23(17)29)16-8-6-15(24)7-9-16/h5-11,17,21H,12-13H2,1-4H3. The minimum atomic E-state index is -1.10. The summed E-state index contributed by atoms with van der Waals surface area (Å²) in [6.45, 7) is -0.110. The van der Waals surface area contributed by atoms with E-state index in [0.29, 0.717) is 11.5 Å². The molecule has 0 spiro atoms. The summed E-state index contributed by atoms with van der Waals surface area (Å²) in [6, 6.07) is 8.47. The Morgan fingerprint density at radius 2 is 1.67 bits per heavy atom. The smallest absolute Gasteiger partial charge is 0.257 e. The zero-order valence-corrected chi connectivity index (χ0v) is 18.7. The Kier molecular flexibility index (Phi) is 7.62. The third-order valence-corrected chi connectivity index (χ3v) is 5.35. The van der Waals surface area contributed by atoms with Crippen LogP contribution in [0.15, 0.2) is 42.5 Å². The second-order valence-corrected chi connectivity index (χ2v) is 7.19. The van der Waals surface area contributed by atoms with E-state index in [1.54, 1.807) is 6.07 Å². The van der Waals surface area contributed by atoms with Crippen LogP contribution in [0.5, 0.6) is 11.5 Å². The van der Waals surface area contributed by atoms with Crippen LogP contribution in [0.4, 0.5) is 10.1 Å². The van der Waals surface area contributed by atoms with Crippen molar-refractivity contribution in [2.24, 2.45) is 0 Å². The van der Waals surface area contributed by atoms with Gasteiger partial charge in [-0.3, -0.25) is 14.4 Å². The molecule has 1 fully saturated rings. The molecule has 1 aliphatic heterocycles. The van der Waals surface area contributed by atoms with E-state index in [0.717, 1.165) is 17.0 Å². The molecule has 1 heterocycles. The van der Waals surface area contributed by atoms with Gasteiger partial charge >= 0.3 is 0 Å². The lowest BCUT2D eigenvalue weighted by Gasteiger charge is -2.30. The zero-order valence-electron chi connectivity index (χ0n) is 18.7. The lowest BCUT2D eigenvalue weighted by atomic mass is 10.1. The molecule has 33 heavy (non-hydrogen) atoms. The summed E-state index contributed by atoms with van der Waals surface area (Å²) in [4.78, 5) is 41.7. The molecule has 3 rings (SSSR count). The normalized spacial score (nSPS) is 15.8. The summed E-state index contributed by atoms with van der Waals surface area (Å²) < 4.78 is 34.3. The van der Waals surface area contributed by atoms with E-state index in [1.807, 2.05) is 0 Å². The van der Waals surface area contributed by atoms with E-state index < -0.39 is 35.9 Å². The van der Waals surface area contributed by atoms with Crippen LogP contribution in [0.2, 0.25) is 0 Å². The van der Waals surface area contributed by atoms with Gasteiger partial charge in [0.05, 0.1) is 32.9 Å². The Bertz CT molecular complexity index is 1020. The van der Waals surface area contributed by atoms with Gasteiger partial charge in [-0.25, -0.2) is 9.29 Å². The fourth-order valence-electron chi connectivity index (χ4n) is 3.61. The van der Waals surface area contributed by atoms with Crippen molar-refractivity contribution in [3.63, 3.8) is 0 Å². The molecule has 2 aromatic rings. The summed E-state index contributed by atoms with van der Waals surface area (Å²) in [5.74, 6) is -1.37. The van der Waals surface area contributed by atoms with Crippen molar-refractivity contribution < 1.29 is 37.7 Å². The molecule has 9 nitrogen and oxygen atoms in total. The number of benzene rings is 2. The maximum atomic E-state index is 13.5. The molecule has 10 heteroatoms. The number of carbonyl (C=O) groups excluding carboxylic acids is 3. The van der Waals surface area contributed by atoms with Crippen molar-refractivity contribution in [1.82, 2.24) is 4.90 Å². The van der Waals surface area contributed by atoms with Gasteiger partial charge in [-0.15, -0.1) is 0 Å². The number of halogens is 1. The van der Waals surface area contributed by atoms with Crippen molar-refractivity contribution in [3.8, 4) is 11.5 Å². The van der Waals surface area contributed by atoms with Crippen molar-refractivity contribution in [2.45, 2.75) is 18.8 Å². The van der Waals surface area contributed by atoms with Gasteiger partial charge in [0.25, 0.3) is 11.8 Å². The highest BCUT2D eigenvalue weighted by Gasteiger charge is 2.45. The van der Waals surface area contributed by atoms with Gasteiger partial charge in [0.2, 0.25) is 5.91 Å². The third kappa shape index (κ3) is 4.96. The lowest BCUT2D eigenvalue weighted by Crippen LogP contribution is -2.49. The van der Waals surface area contributed by atoms with Crippen molar-refractivity contribution in [3.05, 3.63) is 53.8 Å². The van der Waals surface area contributed by atoms with Gasteiger partial charge in [-0.1, -0.05) is 0 Å². The second kappa shape index (κ2) is 10.4. The Hall–Kier alpha value is -3.50. The van der Waals surface area contributed by atoms with Crippen LogP contribution in [0.3, 0.4) is 0 Å². The first-order valence-corrected chi connectivity index (χ1v) is 10.1. The second-order valence-electron chi connectivity index (χ2n) is 7.19. The molecule has 0 aromatic heterocycles. The first-order chi connectivity index (χ1) is 15.8. The average Bonchev–Trinajstić information content (AvgIpc) is 3.13. The fraction of sp³-hybridized carbons (Fsp3) is 0.348. The molecule has 0 radical (unpaired) electrons. The number of carbonyl (C=O) groups is 3. The van der Waals surface area contributed by atoms with Gasteiger partial charge in [0, 0.05) is 19.8 Å². The predicted molar refractivity (Wildman–Crippen MR) is 116 cm³/mol. The first-order valence-electron chi connectivity index (χ1n) is 10.1. The predicted octanol–water partition coefficient (Wildman–Crippen LogP) is 2.24. The number of hydrogen-bond acceptors (Lipinski definition) is 7. The van der Waals surface area contributed by atoms with Crippen LogP contribution in [0, 0.1) is 5.82 Å². The molecule has 1 aliphatic rings. The van der Waals surface area contributed by atoms with Gasteiger partial charge in [-0.05, 0) is 42.5 Å². The lowest BCUT2D eigenvalue weighted by molar-refractivity contribution is -0.128. The SMILES string of the molecule is COc1ccc(C(=O)N(CC(OC)OC)C2CC(=O)N(c3ccc(F)cc3)C2=O)cc1OC. The van der Waals surface area contributed by atoms with Crippen LogP contribution in [0.1, 0.15) is 16.8 Å². The van der Waals surface area contributed by atoms with E-state index >= 15 is 0 Å². The Morgan fingerprint density at radius 1 is 1.03 bits per heavy atom. The number of imide groups is 1. The number of nitrogens with zero attached hydrogens (tertiary/aromatic N) is 2. The highest BCUT2D eigenvalue weighted by molar-refractivity contribution is 6.23. The van der Waals surface area contributed by atoms with E-state index in [2.05, 4.69) is 0 Å². The van der Waals surface area contributed by atoms with E-state index in [-0.39, 0.29) is 24.2 Å². The molecule has 3 amide bonds. The molecule has 0 N–H and O–H groups in total.